The van der Waals surface area contributed by atoms with Gasteiger partial charge in [0.15, 0.2) is 0 Å². The lowest BCUT2D eigenvalue weighted by molar-refractivity contribution is -0.169. The molecule has 2 nitrogen and oxygen atoms in total. The van der Waals surface area contributed by atoms with Crippen molar-refractivity contribution in [2.45, 2.75) is 27.2 Å². The van der Waals surface area contributed by atoms with Crippen molar-refractivity contribution in [1.29, 1.82) is 0 Å². The van der Waals surface area contributed by atoms with E-state index in [0.717, 1.165) is 26.2 Å². The molecule has 1 rings (SSSR count). The second-order valence-electron chi connectivity index (χ2n) is 4.36. The van der Waals surface area contributed by atoms with Gasteiger partial charge in [-0.25, -0.2) is 0 Å². The lowest BCUT2D eigenvalue weighted by Crippen LogP contribution is -2.51. The summed E-state index contributed by atoms with van der Waals surface area (Å²) in [6.07, 6.45) is 1.13. The van der Waals surface area contributed by atoms with Crippen LogP contribution in [0.3, 0.4) is 0 Å². The second-order valence-corrected chi connectivity index (χ2v) is 4.36. The van der Waals surface area contributed by atoms with E-state index in [1.54, 1.807) is 0 Å². The van der Waals surface area contributed by atoms with Gasteiger partial charge in [-0.3, -0.25) is 0 Å². The van der Waals surface area contributed by atoms with Crippen LogP contribution in [0.15, 0.2) is 0 Å². The number of hydrogen-bond acceptors (Lipinski definition) is 2. The van der Waals surface area contributed by atoms with Crippen LogP contribution in [0.4, 0.5) is 0 Å². The van der Waals surface area contributed by atoms with Crippen molar-refractivity contribution in [3.63, 3.8) is 0 Å². The summed E-state index contributed by atoms with van der Waals surface area (Å²) in [6, 6.07) is 0. The molecule has 1 heterocycles. The van der Waals surface area contributed by atoms with Gasteiger partial charge in [0.05, 0.1) is 13.2 Å². The van der Waals surface area contributed by atoms with Gasteiger partial charge in [0, 0.05) is 5.41 Å². The Morgan fingerprint density at radius 2 is 1.92 bits per heavy atom. The summed E-state index contributed by atoms with van der Waals surface area (Å²) in [7, 11) is 0. The summed E-state index contributed by atoms with van der Waals surface area (Å²) >= 11 is 0. The van der Waals surface area contributed by atoms with E-state index in [2.05, 4.69) is 20.8 Å². The summed E-state index contributed by atoms with van der Waals surface area (Å²) < 4.78 is 5.33. The van der Waals surface area contributed by atoms with Gasteiger partial charge in [-0.2, -0.15) is 0 Å². The first kappa shape index (κ1) is 10.0. The smallest absolute Gasteiger partial charge is 0.0549 e. The zero-order valence-corrected chi connectivity index (χ0v) is 8.47. The van der Waals surface area contributed by atoms with Crippen LogP contribution in [0.5, 0.6) is 0 Å². The molecule has 1 saturated heterocycles. The van der Waals surface area contributed by atoms with Crippen LogP contribution in [-0.4, -0.2) is 19.8 Å². The molecule has 0 aromatic heterocycles. The minimum atomic E-state index is 0.430. The summed E-state index contributed by atoms with van der Waals surface area (Å²) in [5, 5.41) is 0. The van der Waals surface area contributed by atoms with Gasteiger partial charge in [-0.05, 0) is 24.8 Å². The maximum atomic E-state index is 5.56. The molecule has 1 aliphatic rings. The van der Waals surface area contributed by atoms with Crippen molar-refractivity contribution in [2.75, 3.05) is 19.8 Å². The molecule has 0 saturated carbocycles. The highest BCUT2D eigenvalue weighted by Gasteiger charge is 2.45. The molecule has 1 fully saturated rings. The predicted molar refractivity (Wildman–Crippen MR) is 50.9 cm³/mol. The van der Waals surface area contributed by atoms with Crippen LogP contribution in [0, 0.1) is 17.3 Å². The molecule has 1 unspecified atom stereocenters. The third kappa shape index (κ3) is 1.50. The van der Waals surface area contributed by atoms with Crippen LogP contribution in [-0.2, 0) is 4.74 Å². The Morgan fingerprint density at radius 1 is 1.33 bits per heavy atom. The number of hydrogen-bond donors (Lipinski definition) is 1. The van der Waals surface area contributed by atoms with E-state index in [1.807, 2.05) is 0 Å². The van der Waals surface area contributed by atoms with Crippen LogP contribution in [0.25, 0.3) is 0 Å². The van der Waals surface area contributed by atoms with Crippen molar-refractivity contribution in [3.05, 3.63) is 0 Å². The highest BCUT2D eigenvalue weighted by atomic mass is 16.5. The maximum Gasteiger partial charge on any atom is 0.0549 e. The average molecular weight is 171 g/mol. The van der Waals surface area contributed by atoms with Crippen molar-refractivity contribution in [1.82, 2.24) is 0 Å². The van der Waals surface area contributed by atoms with Crippen LogP contribution in [0.2, 0.25) is 0 Å². The quantitative estimate of drug-likeness (QED) is 0.698. The van der Waals surface area contributed by atoms with Crippen LogP contribution in [0.1, 0.15) is 27.2 Å². The molecule has 1 aliphatic heterocycles. The van der Waals surface area contributed by atoms with E-state index < -0.39 is 0 Å². The number of ether oxygens (including phenoxy) is 1. The van der Waals surface area contributed by atoms with Gasteiger partial charge in [-0.1, -0.05) is 20.8 Å². The summed E-state index contributed by atoms with van der Waals surface area (Å²) in [5.41, 5.74) is 5.99. The Balaban J connectivity index is 2.53. The standard InChI is InChI=1S/C10H21NO/c1-8(2)10(6-12-7-10)9(3)4-5-11/h8-9H,4-7,11H2,1-3H3. The maximum absolute atomic E-state index is 5.56. The monoisotopic (exact) mass is 171 g/mol. The minimum Gasteiger partial charge on any atom is -0.380 e. The van der Waals surface area contributed by atoms with Crippen molar-refractivity contribution < 1.29 is 4.74 Å². The van der Waals surface area contributed by atoms with Gasteiger partial charge < -0.3 is 10.5 Å². The van der Waals surface area contributed by atoms with Gasteiger partial charge in [0.2, 0.25) is 0 Å². The van der Waals surface area contributed by atoms with E-state index in [1.165, 1.54) is 0 Å². The average Bonchev–Trinajstić information content (AvgIpc) is 1.83. The number of rotatable bonds is 4. The fourth-order valence-corrected chi connectivity index (χ4v) is 2.06. The second kappa shape index (κ2) is 3.75. The molecule has 0 amide bonds. The van der Waals surface area contributed by atoms with E-state index in [4.69, 9.17) is 10.5 Å². The summed E-state index contributed by atoms with van der Waals surface area (Å²) in [5.74, 6) is 1.42. The first-order valence-electron chi connectivity index (χ1n) is 4.91. The summed E-state index contributed by atoms with van der Waals surface area (Å²) in [6.45, 7) is 9.55. The normalized spacial score (nSPS) is 23.8. The largest absolute Gasteiger partial charge is 0.380 e. The third-order valence-electron chi connectivity index (χ3n) is 3.47. The van der Waals surface area contributed by atoms with E-state index in [0.29, 0.717) is 17.3 Å². The highest BCUT2D eigenvalue weighted by molar-refractivity contribution is 4.92. The van der Waals surface area contributed by atoms with Gasteiger partial charge in [-0.15, -0.1) is 0 Å². The topological polar surface area (TPSA) is 35.2 Å². The highest BCUT2D eigenvalue weighted by Crippen LogP contribution is 2.43. The molecule has 0 radical (unpaired) electrons. The van der Waals surface area contributed by atoms with E-state index >= 15 is 0 Å². The lowest BCUT2D eigenvalue weighted by Gasteiger charge is -2.49. The SMILES string of the molecule is CC(C)C1(C(C)CCN)COC1. The molecule has 2 heteroatoms. The van der Waals surface area contributed by atoms with Gasteiger partial charge in [0.1, 0.15) is 0 Å². The van der Waals surface area contributed by atoms with Gasteiger partial charge in [0.25, 0.3) is 0 Å². The Morgan fingerprint density at radius 3 is 2.17 bits per heavy atom. The van der Waals surface area contributed by atoms with Crippen molar-refractivity contribution in [3.8, 4) is 0 Å². The predicted octanol–water partition coefficient (Wildman–Crippen LogP) is 1.64. The van der Waals surface area contributed by atoms with Gasteiger partial charge >= 0.3 is 0 Å². The van der Waals surface area contributed by atoms with Crippen molar-refractivity contribution >= 4 is 0 Å². The molecule has 12 heavy (non-hydrogen) atoms. The van der Waals surface area contributed by atoms with Crippen molar-refractivity contribution in [2.24, 2.45) is 23.0 Å². The summed E-state index contributed by atoms with van der Waals surface area (Å²) in [4.78, 5) is 0. The zero-order chi connectivity index (χ0) is 9.19. The zero-order valence-electron chi connectivity index (χ0n) is 8.47. The Hall–Kier alpha value is -0.0800. The molecule has 0 aromatic rings. The lowest BCUT2D eigenvalue weighted by atomic mass is 9.66. The molecular formula is C10H21NO. The Labute approximate surface area is 75.5 Å². The molecule has 2 N–H and O–H groups in total. The minimum absolute atomic E-state index is 0.430. The fourth-order valence-electron chi connectivity index (χ4n) is 2.06. The Bertz CT molecular complexity index is 141. The van der Waals surface area contributed by atoms with E-state index in [9.17, 15) is 0 Å². The van der Waals surface area contributed by atoms with E-state index in [-0.39, 0.29) is 0 Å². The molecule has 72 valence electrons. The Kier molecular flexibility index (Phi) is 3.13. The first-order valence-corrected chi connectivity index (χ1v) is 4.91. The van der Waals surface area contributed by atoms with Crippen LogP contribution < -0.4 is 5.73 Å². The molecule has 0 aliphatic carbocycles. The fraction of sp³-hybridized carbons (Fsp3) is 1.00. The molecule has 0 spiro atoms. The molecule has 0 aromatic carbocycles. The van der Waals surface area contributed by atoms with Crippen LogP contribution >= 0.6 is 0 Å². The molecular weight excluding hydrogens is 150 g/mol. The third-order valence-corrected chi connectivity index (χ3v) is 3.47. The first-order chi connectivity index (χ1) is 5.63. The number of nitrogens with two attached hydrogens (primary N) is 1. The molecule has 0 bridgehead atoms. The molecule has 1 atom stereocenters.